The number of halogens is 1. The summed E-state index contributed by atoms with van der Waals surface area (Å²) in [5.41, 5.74) is 2.73. The van der Waals surface area contributed by atoms with Crippen LogP contribution < -0.4 is 10.2 Å². The Morgan fingerprint density at radius 3 is 2.95 bits per heavy atom. The molecule has 1 aromatic carbocycles. The van der Waals surface area contributed by atoms with Crippen molar-refractivity contribution in [3.8, 4) is 0 Å². The molecule has 0 radical (unpaired) electrons. The smallest absolute Gasteiger partial charge is 0.0415 e. The third kappa shape index (κ3) is 2.61. The lowest BCUT2D eigenvalue weighted by Gasteiger charge is -2.34. The second-order valence-electron chi connectivity index (χ2n) is 5.90. The molecule has 0 amide bonds. The number of anilines is 1. The number of hydrogen-bond acceptors (Lipinski definition) is 2. The van der Waals surface area contributed by atoms with E-state index in [1.165, 1.54) is 49.9 Å². The first-order valence-corrected chi connectivity index (χ1v) is 7.87. The van der Waals surface area contributed by atoms with Gasteiger partial charge >= 0.3 is 0 Å². The first-order valence-electron chi connectivity index (χ1n) is 7.49. The first-order chi connectivity index (χ1) is 9.29. The van der Waals surface area contributed by atoms with Crippen LogP contribution in [0.25, 0.3) is 0 Å². The summed E-state index contributed by atoms with van der Waals surface area (Å²) in [5.74, 6) is 0.923. The van der Waals surface area contributed by atoms with Crippen molar-refractivity contribution >= 4 is 17.3 Å². The van der Waals surface area contributed by atoms with Crippen LogP contribution in [0.3, 0.4) is 0 Å². The number of nitrogens with zero attached hydrogens (tertiary/aromatic N) is 1. The van der Waals surface area contributed by atoms with Gasteiger partial charge in [0.2, 0.25) is 0 Å². The van der Waals surface area contributed by atoms with Crippen LogP contribution in [-0.4, -0.2) is 19.6 Å². The third-order valence-electron chi connectivity index (χ3n) is 4.73. The molecule has 2 atom stereocenters. The predicted molar refractivity (Wildman–Crippen MR) is 81.9 cm³/mol. The van der Waals surface area contributed by atoms with Gasteiger partial charge in [0, 0.05) is 29.8 Å². The van der Waals surface area contributed by atoms with Crippen LogP contribution in [0.5, 0.6) is 0 Å². The Hall–Kier alpha value is -0.730. The molecule has 0 spiro atoms. The van der Waals surface area contributed by atoms with E-state index in [0.717, 1.165) is 23.5 Å². The molecular formula is C16H23ClN2. The van der Waals surface area contributed by atoms with Gasteiger partial charge in [0.15, 0.2) is 0 Å². The summed E-state index contributed by atoms with van der Waals surface area (Å²) in [4.78, 5) is 2.65. The maximum atomic E-state index is 6.15. The number of hydrogen-bond donors (Lipinski definition) is 1. The van der Waals surface area contributed by atoms with Crippen molar-refractivity contribution in [2.45, 2.75) is 44.7 Å². The van der Waals surface area contributed by atoms with E-state index in [2.05, 4.69) is 22.3 Å². The molecule has 1 aliphatic heterocycles. The molecule has 0 bridgehead atoms. The van der Waals surface area contributed by atoms with E-state index in [9.17, 15) is 0 Å². The lowest BCUT2D eigenvalue weighted by molar-refractivity contribution is 0.342. The van der Waals surface area contributed by atoms with E-state index in [4.69, 9.17) is 11.6 Å². The molecule has 2 unspecified atom stereocenters. The fraction of sp³-hybridized carbons (Fsp3) is 0.625. The summed E-state index contributed by atoms with van der Waals surface area (Å²) in [6, 6.07) is 7.13. The largest absolute Gasteiger partial charge is 0.368 e. The van der Waals surface area contributed by atoms with Gasteiger partial charge in [-0.1, -0.05) is 24.4 Å². The van der Waals surface area contributed by atoms with Crippen molar-refractivity contribution in [3.05, 3.63) is 28.8 Å². The molecule has 3 rings (SSSR count). The number of nitrogens with one attached hydrogen (secondary N) is 1. The van der Waals surface area contributed by atoms with Crippen molar-refractivity contribution in [3.63, 3.8) is 0 Å². The summed E-state index contributed by atoms with van der Waals surface area (Å²) in [6.07, 6.45) is 6.99. The van der Waals surface area contributed by atoms with Crippen LogP contribution in [0, 0.1) is 5.92 Å². The monoisotopic (exact) mass is 278 g/mol. The zero-order valence-corrected chi connectivity index (χ0v) is 12.4. The Balaban J connectivity index is 1.89. The highest BCUT2D eigenvalue weighted by Crippen LogP contribution is 2.40. The lowest BCUT2D eigenvalue weighted by atomic mass is 9.85. The Morgan fingerprint density at radius 2 is 2.11 bits per heavy atom. The van der Waals surface area contributed by atoms with Crippen LogP contribution in [0.2, 0.25) is 5.02 Å². The Bertz CT molecular complexity index is 446. The molecule has 2 nitrogen and oxygen atoms in total. The maximum Gasteiger partial charge on any atom is 0.0415 e. The fourth-order valence-electron chi connectivity index (χ4n) is 3.87. The molecule has 104 valence electrons. The van der Waals surface area contributed by atoms with E-state index in [1.807, 2.05) is 13.1 Å². The molecule has 2 aliphatic rings. The fourth-order valence-corrected chi connectivity index (χ4v) is 4.07. The summed E-state index contributed by atoms with van der Waals surface area (Å²) in [7, 11) is 2.00. The normalized spacial score (nSPS) is 26.5. The topological polar surface area (TPSA) is 15.3 Å². The van der Waals surface area contributed by atoms with Crippen LogP contribution in [0.15, 0.2) is 18.2 Å². The maximum absolute atomic E-state index is 6.15. The molecule has 1 saturated carbocycles. The Morgan fingerprint density at radius 1 is 1.26 bits per heavy atom. The molecule has 3 heteroatoms. The molecule has 2 fully saturated rings. The molecule has 1 heterocycles. The van der Waals surface area contributed by atoms with E-state index in [0.29, 0.717) is 0 Å². The summed E-state index contributed by atoms with van der Waals surface area (Å²) >= 11 is 6.15. The van der Waals surface area contributed by atoms with Gasteiger partial charge in [-0.25, -0.2) is 0 Å². The quantitative estimate of drug-likeness (QED) is 0.904. The van der Waals surface area contributed by atoms with Gasteiger partial charge < -0.3 is 10.2 Å². The van der Waals surface area contributed by atoms with Crippen molar-refractivity contribution in [2.75, 3.05) is 18.5 Å². The Labute approximate surface area is 121 Å². The molecule has 19 heavy (non-hydrogen) atoms. The third-order valence-corrected chi connectivity index (χ3v) is 4.96. The standard InChI is InChI=1S/C16H23ClN2/c1-18-11-13-10-14(17)6-7-16(13)19-9-8-12-4-2-3-5-15(12)19/h6-7,10,12,15,18H,2-5,8-9,11H2,1H3. The van der Waals surface area contributed by atoms with Crippen LogP contribution in [0.4, 0.5) is 5.69 Å². The van der Waals surface area contributed by atoms with Gasteiger partial charge in [-0.05, 0) is 56.0 Å². The number of fused-ring (bicyclic) bond motifs is 1. The second kappa shape index (κ2) is 5.72. The second-order valence-corrected chi connectivity index (χ2v) is 6.33. The molecule has 1 saturated heterocycles. The van der Waals surface area contributed by atoms with Crippen LogP contribution >= 0.6 is 11.6 Å². The van der Waals surface area contributed by atoms with Crippen molar-refractivity contribution < 1.29 is 0 Å². The average molecular weight is 279 g/mol. The minimum atomic E-state index is 0.769. The van der Waals surface area contributed by atoms with E-state index >= 15 is 0 Å². The molecule has 1 N–H and O–H groups in total. The van der Waals surface area contributed by atoms with Crippen LogP contribution in [-0.2, 0) is 6.54 Å². The molecule has 1 aromatic rings. The average Bonchev–Trinajstić information content (AvgIpc) is 2.83. The van der Waals surface area contributed by atoms with Gasteiger partial charge in [-0.3, -0.25) is 0 Å². The van der Waals surface area contributed by atoms with Gasteiger partial charge in [0.1, 0.15) is 0 Å². The van der Waals surface area contributed by atoms with Crippen molar-refractivity contribution in [2.24, 2.45) is 5.92 Å². The zero-order valence-electron chi connectivity index (χ0n) is 11.7. The molecular weight excluding hydrogens is 256 g/mol. The summed E-state index contributed by atoms with van der Waals surface area (Å²) < 4.78 is 0. The highest BCUT2D eigenvalue weighted by atomic mass is 35.5. The van der Waals surface area contributed by atoms with E-state index < -0.39 is 0 Å². The van der Waals surface area contributed by atoms with E-state index in [-0.39, 0.29) is 0 Å². The van der Waals surface area contributed by atoms with Crippen molar-refractivity contribution in [1.29, 1.82) is 0 Å². The van der Waals surface area contributed by atoms with Crippen LogP contribution in [0.1, 0.15) is 37.7 Å². The van der Waals surface area contributed by atoms with Gasteiger partial charge in [0.25, 0.3) is 0 Å². The van der Waals surface area contributed by atoms with Gasteiger partial charge in [0.05, 0.1) is 0 Å². The summed E-state index contributed by atoms with van der Waals surface area (Å²) in [5, 5.41) is 4.10. The minimum Gasteiger partial charge on any atom is -0.368 e. The minimum absolute atomic E-state index is 0.769. The Kier molecular flexibility index (Phi) is 3.99. The number of rotatable bonds is 3. The SMILES string of the molecule is CNCc1cc(Cl)ccc1N1CCC2CCCCC21. The van der Waals surface area contributed by atoms with Gasteiger partial charge in [-0.15, -0.1) is 0 Å². The van der Waals surface area contributed by atoms with Crippen molar-refractivity contribution in [1.82, 2.24) is 5.32 Å². The zero-order chi connectivity index (χ0) is 13.2. The first kappa shape index (κ1) is 13.3. The number of benzene rings is 1. The molecule has 1 aliphatic carbocycles. The lowest BCUT2D eigenvalue weighted by Crippen LogP contribution is -2.35. The van der Waals surface area contributed by atoms with Gasteiger partial charge in [-0.2, -0.15) is 0 Å². The highest BCUT2D eigenvalue weighted by molar-refractivity contribution is 6.30. The molecule has 0 aromatic heterocycles. The summed E-state index contributed by atoms with van der Waals surface area (Å²) in [6.45, 7) is 2.11. The van der Waals surface area contributed by atoms with E-state index in [1.54, 1.807) is 0 Å². The highest BCUT2D eigenvalue weighted by Gasteiger charge is 2.36. The predicted octanol–water partition coefficient (Wildman–Crippen LogP) is 3.83.